The zero-order valence-corrected chi connectivity index (χ0v) is 15.2. The Bertz CT molecular complexity index is 665. The number of hydrogen-bond donors (Lipinski definition) is 2. The molecule has 0 heterocycles. The Hall–Kier alpha value is -2.22. The molecule has 0 radical (unpaired) electrons. The van der Waals surface area contributed by atoms with Crippen molar-refractivity contribution < 1.29 is 23.5 Å². The first kappa shape index (κ1) is 20.1. The van der Waals surface area contributed by atoms with Gasteiger partial charge < -0.3 is 15.3 Å². The van der Waals surface area contributed by atoms with Crippen LogP contribution in [0.25, 0.3) is 0 Å². The van der Waals surface area contributed by atoms with E-state index in [1.807, 2.05) is 11.8 Å². The molecule has 0 spiro atoms. The van der Waals surface area contributed by atoms with Gasteiger partial charge in [0.1, 0.15) is 11.6 Å². The van der Waals surface area contributed by atoms with Crippen molar-refractivity contribution in [2.75, 3.05) is 20.1 Å². The van der Waals surface area contributed by atoms with Crippen LogP contribution < -0.4 is 5.32 Å². The van der Waals surface area contributed by atoms with Crippen molar-refractivity contribution in [1.82, 2.24) is 15.1 Å². The first-order valence-corrected chi connectivity index (χ1v) is 8.67. The molecule has 1 aromatic carbocycles. The highest BCUT2D eigenvalue weighted by Gasteiger charge is 2.35. The fourth-order valence-electron chi connectivity index (χ4n) is 3.17. The Morgan fingerprint density at radius 1 is 1.35 bits per heavy atom. The predicted molar refractivity (Wildman–Crippen MR) is 92.8 cm³/mol. The second-order valence-corrected chi connectivity index (χ2v) is 6.68. The number of likely N-dealkylation sites (N-methyl/N-ethyl adjacent to an activating group) is 1. The van der Waals surface area contributed by atoms with Crippen molar-refractivity contribution in [3.8, 4) is 0 Å². The number of carbonyl (C=O) groups excluding carboxylic acids is 1. The maximum absolute atomic E-state index is 13.9. The summed E-state index contributed by atoms with van der Waals surface area (Å²) in [6, 6.07) is 2.26. The Morgan fingerprint density at radius 3 is 2.58 bits per heavy atom. The molecule has 26 heavy (non-hydrogen) atoms. The van der Waals surface area contributed by atoms with Crippen molar-refractivity contribution in [2.24, 2.45) is 0 Å². The van der Waals surface area contributed by atoms with Crippen LogP contribution in [0.4, 0.5) is 13.6 Å². The molecule has 1 aliphatic carbocycles. The molecule has 8 heteroatoms. The highest BCUT2D eigenvalue weighted by molar-refractivity contribution is 5.75. The third kappa shape index (κ3) is 4.69. The molecule has 1 unspecified atom stereocenters. The van der Waals surface area contributed by atoms with Crippen LogP contribution in [0.15, 0.2) is 18.2 Å². The van der Waals surface area contributed by atoms with Crippen LogP contribution in [-0.4, -0.2) is 59.1 Å². The third-order valence-corrected chi connectivity index (χ3v) is 5.01. The molecule has 144 valence electrons. The highest BCUT2D eigenvalue weighted by Crippen LogP contribution is 2.27. The Labute approximate surface area is 151 Å². The van der Waals surface area contributed by atoms with Crippen molar-refractivity contribution >= 4 is 12.0 Å². The summed E-state index contributed by atoms with van der Waals surface area (Å²) >= 11 is 0. The van der Waals surface area contributed by atoms with E-state index in [0.717, 1.165) is 18.2 Å². The van der Waals surface area contributed by atoms with Crippen LogP contribution in [0.2, 0.25) is 0 Å². The van der Waals surface area contributed by atoms with Gasteiger partial charge in [0.05, 0.1) is 12.6 Å². The molecule has 0 aromatic heterocycles. The number of nitrogens with one attached hydrogen (secondary N) is 1. The van der Waals surface area contributed by atoms with Crippen molar-refractivity contribution in [3.05, 3.63) is 35.4 Å². The first-order valence-electron chi connectivity index (χ1n) is 8.67. The number of halogens is 2. The number of hydrogen-bond acceptors (Lipinski definition) is 3. The van der Waals surface area contributed by atoms with Gasteiger partial charge in [-0.05, 0) is 44.5 Å². The number of amides is 2. The van der Waals surface area contributed by atoms with Gasteiger partial charge in [0.15, 0.2) is 0 Å². The van der Waals surface area contributed by atoms with Gasteiger partial charge in [0, 0.05) is 24.7 Å². The van der Waals surface area contributed by atoms with E-state index < -0.39 is 23.6 Å². The SMILES string of the molecule is CCN(CC(=O)O)C1CC(NC(=O)N(C)C(C)c2cc(F)ccc2F)C1. The van der Waals surface area contributed by atoms with Crippen molar-refractivity contribution in [1.29, 1.82) is 0 Å². The normalized spacial score (nSPS) is 20.4. The van der Waals surface area contributed by atoms with Crippen molar-refractivity contribution in [2.45, 2.75) is 44.8 Å². The maximum Gasteiger partial charge on any atom is 0.317 e. The fraction of sp³-hybridized carbons (Fsp3) is 0.556. The van der Waals surface area contributed by atoms with E-state index in [1.54, 1.807) is 6.92 Å². The number of carboxylic acids is 1. The van der Waals surface area contributed by atoms with Crippen LogP contribution in [-0.2, 0) is 4.79 Å². The Kier molecular flexibility index (Phi) is 6.52. The molecular formula is C18H25F2N3O3. The van der Waals surface area contributed by atoms with E-state index in [-0.39, 0.29) is 30.2 Å². The van der Waals surface area contributed by atoms with Gasteiger partial charge >= 0.3 is 12.0 Å². The van der Waals surface area contributed by atoms with E-state index in [9.17, 15) is 18.4 Å². The molecule has 2 N–H and O–H groups in total. The number of carboxylic acid groups (broad SMARTS) is 1. The second-order valence-electron chi connectivity index (χ2n) is 6.68. The van der Waals surface area contributed by atoms with Gasteiger partial charge in [0.25, 0.3) is 0 Å². The van der Waals surface area contributed by atoms with Gasteiger partial charge in [-0.1, -0.05) is 6.92 Å². The Morgan fingerprint density at radius 2 is 2.00 bits per heavy atom. The summed E-state index contributed by atoms with van der Waals surface area (Å²) in [6.45, 7) is 4.15. The van der Waals surface area contributed by atoms with E-state index in [2.05, 4.69) is 5.32 Å². The van der Waals surface area contributed by atoms with E-state index in [1.165, 1.54) is 11.9 Å². The van der Waals surface area contributed by atoms with E-state index >= 15 is 0 Å². The lowest BCUT2D eigenvalue weighted by Gasteiger charge is -2.43. The summed E-state index contributed by atoms with van der Waals surface area (Å²) in [5.41, 5.74) is 0.118. The minimum atomic E-state index is -0.870. The summed E-state index contributed by atoms with van der Waals surface area (Å²) in [4.78, 5) is 26.4. The van der Waals surface area contributed by atoms with Gasteiger partial charge in [-0.3, -0.25) is 9.69 Å². The van der Waals surface area contributed by atoms with E-state index in [4.69, 9.17) is 5.11 Å². The molecule has 0 saturated heterocycles. The average molecular weight is 369 g/mol. The van der Waals surface area contributed by atoms with Gasteiger partial charge in [-0.25, -0.2) is 13.6 Å². The highest BCUT2D eigenvalue weighted by atomic mass is 19.1. The number of aliphatic carboxylic acids is 1. The molecule has 1 atom stereocenters. The molecule has 0 bridgehead atoms. The van der Waals surface area contributed by atoms with Gasteiger partial charge in [-0.2, -0.15) is 0 Å². The lowest BCUT2D eigenvalue weighted by Crippen LogP contribution is -2.56. The van der Waals surface area contributed by atoms with Gasteiger partial charge in [0.2, 0.25) is 0 Å². The van der Waals surface area contributed by atoms with Gasteiger partial charge in [-0.15, -0.1) is 0 Å². The molecule has 2 amide bonds. The monoisotopic (exact) mass is 369 g/mol. The van der Waals surface area contributed by atoms with E-state index in [0.29, 0.717) is 19.4 Å². The van der Waals surface area contributed by atoms with Crippen LogP contribution in [0.5, 0.6) is 0 Å². The second kappa shape index (κ2) is 8.44. The lowest BCUT2D eigenvalue weighted by molar-refractivity contribution is -0.139. The quantitative estimate of drug-likeness (QED) is 0.775. The minimum absolute atomic E-state index is 0.0163. The summed E-state index contributed by atoms with van der Waals surface area (Å²) in [5, 5.41) is 11.8. The third-order valence-electron chi connectivity index (χ3n) is 5.01. The fourth-order valence-corrected chi connectivity index (χ4v) is 3.17. The number of benzene rings is 1. The number of rotatable bonds is 7. The van der Waals surface area contributed by atoms with Crippen LogP contribution in [0, 0.1) is 11.6 Å². The molecule has 2 rings (SSSR count). The first-order chi connectivity index (χ1) is 12.2. The standard InChI is InChI=1S/C18H25F2N3O3/c1-4-23(10-17(24)25)14-8-13(9-14)21-18(26)22(3)11(2)15-7-12(19)5-6-16(15)20/h5-7,11,13-14H,4,8-10H2,1-3H3,(H,21,26)(H,24,25). The van der Waals surface area contributed by atoms with Crippen molar-refractivity contribution in [3.63, 3.8) is 0 Å². The summed E-state index contributed by atoms with van der Waals surface area (Å²) < 4.78 is 27.2. The van der Waals surface area contributed by atoms with Crippen LogP contribution >= 0.6 is 0 Å². The Balaban J connectivity index is 1.88. The smallest absolute Gasteiger partial charge is 0.317 e. The topological polar surface area (TPSA) is 72.9 Å². The van der Waals surface area contributed by atoms with Crippen LogP contribution in [0.1, 0.15) is 38.3 Å². The number of nitrogens with zero attached hydrogens (tertiary/aromatic N) is 2. The maximum atomic E-state index is 13.9. The number of carbonyl (C=O) groups is 2. The molecule has 1 fully saturated rings. The minimum Gasteiger partial charge on any atom is -0.480 e. The molecule has 0 aliphatic heterocycles. The summed E-state index contributed by atoms with van der Waals surface area (Å²) in [7, 11) is 1.53. The zero-order chi connectivity index (χ0) is 19.4. The van der Waals surface area contributed by atoms with Crippen LogP contribution in [0.3, 0.4) is 0 Å². The average Bonchev–Trinajstić information content (AvgIpc) is 2.56. The summed E-state index contributed by atoms with van der Waals surface area (Å²) in [6.07, 6.45) is 1.34. The largest absolute Gasteiger partial charge is 0.480 e. The molecule has 1 aromatic rings. The lowest BCUT2D eigenvalue weighted by atomic mass is 9.85. The number of urea groups is 1. The zero-order valence-electron chi connectivity index (χ0n) is 15.2. The predicted octanol–water partition coefficient (Wildman–Crippen LogP) is 2.60. The molecular weight excluding hydrogens is 344 g/mol. The molecule has 6 nitrogen and oxygen atoms in total. The molecule has 1 aliphatic rings. The summed E-state index contributed by atoms with van der Waals surface area (Å²) in [5.74, 6) is -1.98. The molecule has 1 saturated carbocycles.